The highest BCUT2D eigenvalue weighted by molar-refractivity contribution is 6.06. The summed E-state index contributed by atoms with van der Waals surface area (Å²) in [5, 5.41) is 4.29. The van der Waals surface area contributed by atoms with E-state index in [0.717, 1.165) is 57.9 Å². The first-order valence-corrected chi connectivity index (χ1v) is 8.96. The SMILES string of the molecule is Fc1cccc(-c2cccc3oc(-c4ccccc4C4=NCCN4)cc23)c1. The molecule has 0 amide bonds. The van der Waals surface area contributed by atoms with Gasteiger partial charge in [-0.1, -0.05) is 48.5 Å². The summed E-state index contributed by atoms with van der Waals surface area (Å²) in [6, 6.07) is 22.6. The van der Waals surface area contributed by atoms with Gasteiger partial charge in [-0.05, 0) is 35.4 Å². The van der Waals surface area contributed by atoms with Crippen LogP contribution in [0.25, 0.3) is 33.4 Å². The summed E-state index contributed by atoms with van der Waals surface area (Å²) >= 11 is 0. The summed E-state index contributed by atoms with van der Waals surface area (Å²) in [4.78, 5) is 4.54. The second-order valence-electron chi connectivity index (χ2n) is 6.54. The lowest BCUT2D eigenvalue weighted by molar-refractivity contribution is 0.628. The summed E-state index contributed by atoms with van der Waals surface area (Å²) in [5.74, 6) is 1.43. The molecule has 2 heterocycles. The van der Waals surface area contributed by atoms with E-state index in [1.807, 2.05) is 54.6 Å². The van der Waals surface area contributed by atoms with Crippen molar-refractivity contribution in [3.05, 3.63) is 84.2 Å². The third-order valence-electron chi connectivity index (χ3n) is 4.82. The summed E-state index contributed by atoms with van der Waals surface area (Å²) in [6.45, 7) is 1.64. The Bertz CT molecular complexity index is 1180. The van der Waals surface area contributed by atoms with E-state index in [0.29, 0.717) is 0 Å². The summed E-state index contributed by atoms with van der Waals surface area (Å²) < 4.78 is 19.9. The number of furan rings is 1. The standard InChI is InChI=1S/C23H17FN2O/c24-16-6-3-5-15(13-16)17-9-4-10-21-20(17)14-22(27-21)18-7-1-2-8-19(18)23-25-11-12-26-23/h1-10,13-14H,11-12H2,(H,25,26). The quantitative estimate of drug-likeness (QED) is 0.544. The number of fused-ring (bicyclic) bond motifs is 1. The van der Waals surface area contributed by atoms with Crippen molar-refractivity contribution in [2.24, 2.45) is 4.99 Å². The molecule has 1 aliphatic rings. The molecule has 4 aromatic rings. The molecule has 1 N–H and O–H groups in total. The van der Waals surface area contributed by atoms with Crippen molar-refractivity contribution in [3.8, 4) is 22.5 Å². The van der Waals surface area contributed by atoms with Crippen molar-refractivity contribution in [1.82, 2.24) is 5.32 Å². The molecule has 0 saturated heterocycles. The van der Waals surface area contributed by atoms with E-state index in [-0.39, 0.29) is 5.82 Å². The van der Waals surface area contributed by atoms with E-state index >= 15 is 0 Å². The molecule has 0 fully saturated rings. The van der Waals surface area contributed by atoms with Crippen LogP contribution in [0.2, 0.25) is 0 Å². The molecule has 0 aliphatic carbocycles. The second kappa shape index (κ2) is 6.40. The summed E-state index contributed by atoms with van der Waals surface area (Å²) in [6.07, 6.45) is 0. The Balaban J connectivity index is 1.68. The van der Waals surface area contributed by atoms with Gasteiger partial charge in [-0.15, -0.1) is 0 Å². The van der Waals surface area contributed by atoms with Gasteiger partial charge in [0.25, 0.3) is 0 Å². The Kier molecular flexibility index (Phi) is 3.75. The zero-order valence-electron chi connectivity index (χ0n) is 14.6. The molecule has 3 aromatic carbocycles. The van der Waals surface area contributed by atoms with E-state index in [2.05, 4.69) is 10.3 Å². The largest absolute Gasteiger partial charge is 0.456 e. The van der Waals surface area contributed by atoms with Gasteiger partial charge in [0.1, 0.15) is 23.0 Å². The molecule has 0 saturated carbocycles. The van der Waals surface area contributed by atoms with Crippen LogP contribution in [0.5, 0.6) is 0 Å². The monoisotopic (exact) mass is 356 g/mol. The lowest BCUT2D eigenvalue weighted by Gasteiger charge is -2.07. The molecule has 5 rings (SSSR count). The first-order valence-electron chi connectivity index (χ1n) is 8.96. The number of benzene rings is 3. The first-order chi connectivity index (χ1) is 13.3. The average Bonchev–Trinajstić information content (AvgIpc) is 3.37. The van der Waals surface area contributed by atoms with Crippen LogP contribution in [0.15, 0.2) is 82.2 Å². The molecule has 0 bridgehead atoms. The van der Waals surface area contributed by atoms with Crippen LogP contribution < -0.4 is 5.32 Å². The zero-order chi connectivity index (χ0) is 18.2. The van der Waals surface area contributed by atoms with Crippen molar-refractivity contribution >= 4 is 16.8 Å². The highest BCUT2D eigenvalue weighted by Gasteiger charge is 2.17. The minimum atomic E-state index is -0.246. The fourth-order valence-corrected chi connectivity index (χ4v) is 3.58. The summed E-state index contributed by atoms with van der Waals surface area (Å²) in [7, 11) is 0. The zero-order valence-corrected chi connectivity index (χ0v) is 14.6. The van der Waals surface area contributed by atoms with Gasteiger partial charge in [0.15, 0.2) is 0 Å². The number of hydrogen-bond donors (Lipinski definition) is 1. The first kappa shape index (κ1) is 15.8. The maximum Gasteiger partial charge on any atom is 0.136 e. The highest BCUT2D eigenvalue weighted by Crippen LogP contribution is 2.36. The normalized spacial score (nSPS) is 13.6. The molecule has 0 atom stereocenters. The van der Waals surface area contributed by atoms with E-state index < -0.39 is 0 Å². The van der Waals surface area contributed by atoms with Gasteiger partial charge in [-0.2, -0.15) is 0 Å². The predicted molar refractivity (Wildman–Crippen MR) is 106 cm³/mol. The van der Waals surface area contributed by atoms with Gasteiger partial charge < -0.3 is 9.73 Å². The van der Waals surface area contributed by atoms with Crippen LogP contribution in [0.1, 0.15) is 5.56 Å². The van der Waals surface area contributed by atoms with Gasteiger partial charge in [0.05, 0.1) is 6.54 Å². The van der Waals surface area contributed by atoms with Crippen LogP contribution in [-0.2, 0) is 0 Å². The molecule has 0 unspecified atom stereocenters. The average molecular weight is 356 g/mol. The number of amidine groups is 1. The number of hydrogen-bond acceptors (Lipinski definition) is 3. The molecule has 0 radical (unpaired) electrons. The smallest absolute Gasteiger partial charge is 0.136 e. The van der Waals surface area contributed by atoms with Crippen LogP contribution in [-0.4, -0.2) is 18.9 Å². The number of nitrogens with one attached hydrogen (secondary N) is 1. The van der Waals surface area contributed by atoms with Crippen molar-refractivity contribution in [3.63, 3.8) is 0 Å². The van der Waals surface area contributed by atoms with Gasteiger partial charge in [0.2, 0.25) is 0 Å². The van der Waals surface area contributed by atoms with E-state index in [9.17, 15) is 4.39 Å². The maximum atomic E-state index is 13.7. The number of rotatable bonds is 3. The Hall–Kier alpha value is -3.40. The Labute approximate surface area is 156 Å². The predicted octanol–water partition coefficient (Wildman–Crippen LogP) is 5.26. The molecule has 4 heteroatoms. The van der Waals surface area contributed by atoms with Gasteiger partial charge in [0, 0.05) is 23.1 Å². The van der Waals surface area contributed by atoms with Crippen LogP contribution >= 0.6 is 0 Å². The fourth-order valence-electron chi connectivity index (χ4n) is 3.58. The third kappa shape index (κ3) is 2.79. The second-order valence-corrected chi connectivity index (χ2v) is 6.54. The third-order valence-corrected chi connectivity index (χ3v) is 4.82. The molecule has 1 aromatic heterocycles. The lowest BCUT2D eigenvalue weighted by Crippen LogP contribution is -2.20. The van der Waals surface area contributed by atoms with E-state index in [1.165, 1.54) is 6.07 Å². The minimum Gasteiger partial charge on any atom is -0.456 e. The van der Waals surface area contributed by atoms with Crippen molar-refractivity contribution < 1.29 is 8.81 Å². The molecule has 27 heavy (non-hydrogen) atoms. The van der Waals surface area contributed by atoms with Crippen LogP contribution in [0, 0.1) is 5.82 Å². The lowest BCUT2D eigenvalue weighted by atomic mass is 10.00. The van der Waals surface area contributed by atoms with E-state index in [1.54, 1.807) is 12.1 Å². The van der Waals surface area contributed by atoms with Crippen molar-refractivity contribution in [1.29, 1.82) is 0 Å². The molecule has 0 spiro atoms. The Morgan fingerprint density at radius 1 is 0.852 bits per heavy atom. The van der Waals surface area contributed by atoms with E-state index in [4.69, 9.17) is 4.42 Å². The van der Waals surface area contributed by atoms with Gasteiger partial charge in [-0.3, -0.25) is 4.99 Å². The number of halogens is 1. The fraction of sp³-hybridized carbons (Fsp3) is 0.0870. The number of nitrogens with zero attached hydrogens (tertiary/aromatic N) is 1. The molecular weight excluding hydrogens is 339 g/mol. The molecule has 1 aliphatic heterocycles. The van der Waals surface area contributed by atoms with Crippen molar-refractivity contribution in [2.45, 2.75) is 0 Å². The van der Waals surface area contributed by atoms with Gasteiger partial charge in [-0.25, -0.2) is 4.39 Å². The Morgan fingerprint density at radius 3 is 2.48 bits per heavy atom. The number of aliphatic imine (C=N–C) groups is 1. The highest BCUT2D eigenvalue weighted by atomic mass is 19.1. The minimum absolute atomic E-state index is 0.246. The van der Waals surface area contributed by atoms with Crippen molar-refractivity contribution in [2.75, 3.05) is 13.1 Å². The van der Waals surface area contributed by atoms with Crippen LogP contribution in [0.3, 0.4) is 0 Å². The van der Waals surface area contributed by atoms with Gasteiger partial charge >= 0.3 is 0 Å². The summed E-state index contributed by atoms with van der Waals surface area (Å²) in [5.41, 5.74) is 4.59. The molecule has 132 valence electrons. The maximum absolute atomic E-state index is 13.7. The van der Waals surface area contributed by atoms with Crippen LogP contribution in [0.4, 0.5) is 4.39 Å². The molecule has 3 nitrogen and oxygen atoms in total. The molecular formula is C23H17FN2O. The topological polar surface area (TPSA) is 37.5 Å². The Morgan fingerprint density at radius 2 is 1.67 bits per heavy atom.